The second kappa shape index (κ2) is 4.97. The van der Waals surface area contributed by atoms with Crippen molar-refractivity contribution in [3.8, 4) is 5.75 Å². The molecule has 1 aliphatic rings. The van der Waals surface area contributed by atoms with Gasteiger partial charge in [0, 0.05) is 10.6 Å². The van der Waals surface area contributed by atoms with Crippen LogP contribution in [0.5, 0.6) is 5.75 Å². The van der Waals surface area contributed by atoms with Gasteiger partial charge < -0.3 is 10.4 Å². The fraction of sp³-hybridized carbons (Fsp3) is 0. The summed E-state index contributed by atoms with van der Waals surface area (Å²) in [6.07, 6.45) is 1.55. The van der Waals surface area contributed by atoms with Gasteiger partial charge in [-0.2, -0.15) is 0 Å². The van der Waals surface area contributed by atoms with Crippen LogP contribution in [0.4, 0.5) is 0 Å². The number of phenolic OH excluding ortho intramolecular Hbond substituents is 1. The Labute approximate surface area is 120 Å². The first-order chi connectivity index (χ1) is 7.97. The Hall–Kier alpha value is -0.560. The third-order valence-corrected chi connectivity index (χ3v) is 3.97. The van der Waals surface area contributed by atoms with Crippen LogP contribution in [-0.2, 0) is 4.79 Å². The Morgan fingerprint density at radius 2 is 2.24 bits per heavy atom. The molecule has 0 bridgehead atoms. The zero-order valence-corrected chi connectivity index (χ0v) is 12.1. The molecule has 0 saturated carbocycles. The van der Waals surface area contributed by atoms with E-state index in [1.807, 2.05) is 0 Å². The van der Waals surface area contributed by atoms with E-state index in [1.54, 1.807) is 18.2 Å². The summed E-state index contributed by atoms with van der Waals surface area (Å²) in [4.78, 5) is 11.9. The van der Waals surface area contributed by atoms with E-state index in [4.69, 9.17) is 23.8 Å². The number of hydrogen-bond acceptors (Lipinski definition) is 4. The van der Waals surface area contributed by atoms with Gasteiger partial charge in [0.15, 0.2) is 0 Å². The van der Waals surface area contributed by atoms with E-state index in [1.165, 1.54) is 0 Å². The summed E-state index contributed by atoms with van der Waals surface area (Å²) in [6.45, 7) is 0. The average Bonchev–Trinajstić information content (AvgIpc) is 2.53. The SMILES string of the molecule is O=C1NC(=S)S/C1=C/c1cc(Cl)cc(Br)c1O. The Bertz CT molecular complexity index is 559. The van der Waals surface area contributed by atoms with Crippen molar-refractivity contribution in [2.24, 2.45) is 0 Å². The summed E-state index contributed by atoms with van der Waals surface area (Å²) in [6, 6.07) is 3.15. The predicted octanol–water partition coefficient (Wildman–Crippen LogP) is 3.30. The lowest BCUT2D eigenvalue weighted by Gasteiger charge is -2.03. The summed E-state index contributed by atoms with van der Waals surface area (Å²) in [5.74, 6) is -0.233. The molecule has 3 nitrogen and oxygen atoms in total. The Kier molecular flexibility index (Phi) is 3.77. The molecule has 2 N–H and O–H groups in total. The van der Waals surface area contributed by atoms with Crippen molar-refractivity contribution in [3.63, 3.8) is 0 Å². The molecule has 17 heavy (non-hydrogen) atoms. The zero-order valence-electron chi connectivity index (χ0n) is 8.16. The number of nitrogens with one attached hydrogen (secondary N) is 1. The first-order valence-corrected chi connectivity index (χ1v) is 6.80. The Morgan fingerprint density at radius 3 is 2.82 bits per heavy atom. The summed E-state index contributed by atoms with van der Waals surface area (Å²) in [5.41, 5.74) is 0.465. The van der Waals surface area contributed by atoms with E-state index < -0.39 is 0 Å². The molecule has 0 atom stereocenters. The van der Waals surface area contributed by atoms with Crippen molar-refractivity contribution in [1.82, 2.24) is 5.32 Å². The monoisotopic (exact) mass is 349 g/mol. The van der Waals surface area contributed by atoms with Gasteiger partial charge in [0.1, 0.15) is 10.1 Å². The molecule has 1 heterocycles. The Balaban J connectivity index is 2.46. The van der Waals surface area contributed by atoms with Crippen LogP contribution in [0.3, 0.4) is 0 Å². The fourth-order valence-corrected chi connectivity index (χ4v) is 3.13. The molecule has 1 aromatic carbocycles. The maximum absolute atomic E-state index is 11.5. The van der Waals surface area contributed by atoms with Crippen molar-refractivity contribution in [1.29, 1.82) is 0 Å². The number of carbonyl (C=O) groups excluding carboxylic acids is 1. The molecule has 0 spiro atoms. The molecule has 1 aliphatic heterocycles. The highest BCUT2D eigenvalue weighted by Gasteiger charge is 2.22. The molecule has 0 radical (unpaired) electrons. The quantitative estimate of drug-likeness (QED) is 0.603. The molecule has 0 aliphatic carbocycles. The van der Waals surface area contributed by atoms with Gasteiger partial charge in [0.2, 0.25) is 0 Å². The normalized spacial score (nSPS) is 17.6. The van der Waals surface area contributed by atoms with Gasteiger partial charge in [-0.25, -0.2) is 0 Å². The van der Waals surface area contributed by atoms with E-state index in [-0.39, 0.29) is 11.7 Å². The number of benzene rings is 1. The van der Waals surface area contributed by atoms with Gasteiger partial charge in [-0.3, -0.25) is 4.79 Å². The van der Waals surface area contributed by atoms with Crippen molar-refractivity contribution in [2.45, 2.75) is 0 Å². The second-order valence-electron chi connectivity index (χ2n) is 3.18. The third kappa shape index (κ3) is 2.82. The summed E-state index contributed by atoms with van der Waals surface area (Å²) in [5, 5.41) is 12.8. The van der Waals surface area contributed by atoms with E-state index in [9.17, 15) is 9.90 Å². The smallest absolute Gasteiger partial charge is 0.263 e. The topological polar surface area (TPSA) is 49.3 Å². The lowest BCUT2D eigenvalue weighted by molar-refractivity contribution is -0.115. The van der Waals surface area contributed by atoms with Gasteiger partial charge in [0.25, 0.3) is 5.91 Å². The fourth-order valence-electron chi connectivity index (χ4n) is 1.26. The lowest BCUT2D eigenvalue weighted by Crippen LogP contribution is -2.17. The molecule has 1 saturated heterocycles. The van der Waals surface area contributed by atoms with Crippen LogP contribution >= 0.6 is 51.5 Å². The van der Waals surface area contributed by atoms with E-state index in [2.05, 4.69) is 21.2 Å². The number of hydrogen-bond donors (Lipinski definition) is 2. The van der Waals surface area contributed by atoms with Crippen LogP contribution < -0.4 is 5.32 Å². The van der Waals surface area contributed by atoms with Crippen LogP contribution in [0.15, 0.2) is 21.5 Å². The molecule has 1 amide bonds. The van der Waals surface area contributed by atoms with E-state index in [0.29, 0.717) is 24.3 Å². The highest BCUT2D eigenvalue weighted by molar-refractivity contribution is 9.10. The van der Waals surface area contributed by atoms with Gasteiger partial charge in [0.05, 0.1) is 9.38 Å². The van der Waals surface area contributed by atoms with Gasteiger partial charge in [-0.1, -0.05) is 35.6 Å². The molecule has 1 fully saturated rings. The second-order valence-corrected chi connectivity index (χ2v) is 6.19. The van der Waals surface area contributed by atoms with Crippen molar-refractivity contribution in [3.05, 3.63) is 32.1 Å². The van der Waals surface area contributed by atoms with Crippen LogP contribution in [0.25, 0.3) is 6.08 Å². The van der Waals surface area contributed by atoms with Gasteiger partial charge in [-0.15, -0.1) is 0 Å². The van der Waals surface area contributed by atoms with Crippen molar-refractivity contribution >= 4 is 67.8 Å². The zero-order chi connectivity index (χ0) is 12.6. The predicted molar refractivity (Wildman–Crippen MR) is 77.1 cm³/mol. The number of carbonyl (C=O) groups is 1. The number of amides is 1. The maximum atomic E-state index is 11.5. The number of thioether (sulfide) groups is 1. The maximum Gasteiger partial charge on any atom is 0.263 e. The molecular weight excluding hydrogens is 346 g/mol. The number of phenols is 1. The van der Waals surface area contributed by atoms with Gasteiger partial charge >= 0.3 is 0 Å². The summed E-state index contributed by atoms with van der Waals surface area (Å²) in [7, 11) is 0. The van der Waals surface area contributed by atoms with Crippen LogP contribution in [-0.4, -0.2) is 15.3 Å². The third-order valence-electron chi connectivity index (χ3n) is 1.99. The lowest BCUT2D eigenvalue weighted by atomic mass is 10.2. The molecule has 0 aromatic heterocycles. The largest absolute Gasteiger partial charge is 0.506 e. The minimum Gasteiger partial charge on any atom is -0.506 e. The summed E-state index contributed by atoms with van der Waals surface area (Å²) < 4.78 is 0.879. The van der Waals surface area contributed by atoms with Crippen LogP contribution in [0.2, 0.25) is 5.02 Å². The number of rotatable bonds is 1. The number of thiocarbonyl (C=S) groups is 1. The van der Waals surface area contributed by atoms with E-state index >= 15 is 0 Å². The Morgan fingerprint density at radius 1 is 1.53 bits per heavy atom. The minimum absolute atomic E-state index is 0.0353. The molecule has 0 unspecified atom stereocenters. The van der Waals surface area contributed by atoms with Crippen molar-refractivity contribution < 1.29 is 9.90 Å². The number of aromatic hydroxyl groups is 1. The molecule has 2 rings (SSSR count). The van der Waals surface area contributed by atoms with Gasteiger partial charge in [-0.05, 0) is 34.1 Å². The van der Waals surface area contributed by atoms with Crippen molar-refractivity contribution in [2.75, 3.05) is 0 Å². The first kappa shape index (κ1) is 12.9. The standard InChI is InChI=1S/C10H5BrClNO2S2/c11-6-3-5(12)1-4(8(6)14)2-7-9(15)13-10(16)17-7/h1-3,14H,(H,13,15,16)/b7-2+. The molecule has 7 heteroatoms. The number of halogens is 2. The minimum atomic E-state index is -0.268. The molecular formula is C10H5BrClNO2S2. The summed E-state index contributed by atoms with van der Waals surface area (Å²) >= 11 is 15.1. The molecule has 1 aromatic rings. The van der Waals surface area contributed by atoms with E-state index in [0.717, 1.165) is 11.8 Å². The average molecular weight is 351 g/mol. The van der Waals surface area contributed by atoms with Crippen LogP contribution in [0.1, 0.15) is 5.56 Å². The highest BCUT2D eigenvalue weighted by atomic mass is 79.9. The first-order valence-electron chi connectivity index (χ1n) is 4.40. The van der Waals surface area contributed by atoms with Crippen LogP contribution in [0, 0.1) is 0 Å². The highest BCUT2D eigenvalue weighted by Crippen LogP contribution is 2.35. The molecule has 88 valence electrons.